The Morgan fingerprint density at radius 3 is 2.48 bits per heavy atom. The molecule has 0 aliphatic heterocycles. The van der Waals surface area contributed by atoms with Crippen LogP contribution in [-0.4, -0.2) is 12.5 Å². The summed E-state index contributed by atoms with van der Waals surface area (Å²) in [5, 5.41) is 5.91. The quantitative estimate of drug-likeness (QED) is 0.886. The van der Waals surface area contributed by atoms with E-state index in [4.69, 9.17) is 0 Å². The highest BCUT2D eigenvalue weighted by Crippen LogP contribution is 2.15. The van der Waals surface area contributed by atoms with Gasteiger partial charge in [-0.3, -0.25) is 4.79 Å². The molecule has 1 amide bonds. The molecule has 0 aliphatic carbocycles. The Hall–Kier alpha value is -2.36. The fourth-order valence-corrected chi connectivity index (χ4v) is 2.05. The van der Waals surface area contributed by atoms with Crippen LogP contribution in [0, 0.1) is 19.7 Å². The van der Waals surface area contributed by atoms with Gasteiger partial charge < -0.3 is 10.6 Å². The van der Waals surface area contributed by atoms with Gasteiger partial charge in [-0.25, -0.2) is 4.39 Å². The smallest absolute Gasteiger partial charge is 0.239 e. The summed E-state index contributed by atoms with van der Waals surface area (Å²) >= 11 is 0. The molecule has 0 radical (unpaired) electrons. The molecule has 0 saturated carbocycles. The van der Waals surface area contributed by atoms with Crippen LogP contribution in [0.3, 0.4) is 0 Å². The Morgan fingerprint density at radius 2 is 1.81 bits per heavy atom. The largest absolute Gasteiger partial charge is 0.376 e. The second-order valence-electron chi connectivity index (χ2n) is 5.08. The van der Waals surface area contributed by atoms with Gasteiger partial charge in [0.1, 0.15) is 5.82 Å². The molecule has 0 aliphatic rings. The van der Waals surface area contributed by atoms with Gasteiger partial charge in [0.2, 0.25) is 5.91 Å². The molecule has 0 fully saturated rings. The van der Waals surface area contributed by atoms with Crippen LogP contribution in [0.15, 0.2) is 42.5 Å². The third-order valence-electron chi connectivity index (χ3n) is 3.22. The van der Waals surface area contributed by atoms with E-state index < -0.39 is 0 Å². The van der Waals surface area contributed by atoms with Gasteiger partial charge in [0.05, 0.1) is 6.54 Å². The highest BCUT2D eigenvalue weighted by Gasteiger charge is 2.03. The maximum atomic E-state index is 12.8. The van der Waals surface area contributed by atoms with Crippen LogP contribution in [0.25, 0.3) is 0 Å². The monoisotopic (exact) mass is 286 g/mol. The van der Waals surface area contributed by atoms with Gasteiger partial charge in [-0.2, -0.15) is 0 Å². The molecule has 0 spiro atoms. The van der Waals surface area contributed by atoms with Crippen LogP contribution in [0.1, 0.15) is 16.7 Å². The van der Waals surface area contributed by atoms with Crippen molar-refractivity contribution in [3.63, 3.8) is 0 Å². The number of halogens is 1. The second-order valence-corrected chi connectivity index (χ2v) is 5.08. The van der Waals surface area contributed by atoms with Crippen molar-refractivity contribution in [3.05, 3.63) is 65.0 Å². The van der Waals surface area contributed by atoms with Crippen LogP contribution in [0.2, 0.25) is 0 Å². The molecular weight excluding hydrogens is 267 g/mol. The average molecular weight is 286 g/mol. The maximum Gasteiger partial charge on any atom is 0.239 e. The first kappa shape index (κ1) is 15.0. The minimum absolute atomic E-state index is 0.0979. The van der Waals surface area contributed by atoms with E-state index in [1.54, 1.807) is 12.1 Å². The van der Waals surface area contributed by atoms with Crippen LogP contribution >= 0.6 is 0 Å². The van der Waals surface area contributed by atoms with Crippen LogP contribution in [0.5, 0.6) is 0 Å². The molecule has 2 aromatic rings. The SMILES string of the molecule is Cc1ccc(NCC(=O)NCc2ccc(F)cc2)c(C)c1. The van der Waals surface area contributed by atoms with Crippen molar-refractivity contribution in [2.45, 2.75) is 20.4 Å². The van der Waals surface area contributed by atoms with Gasteiger partial charge in [-0.1, -0.05) is 29.8 Å². The number of anilines is 1. The molecule has 0 saturated heterocycles. The third-order valence-corrected chi connectivity index (χ3v) is 3.22. The second kappa shape index (κ2) is 6.88. The topological polar surface area (TPSA) is 41.1 Å². The Morgan fingerprint density at radius 1 is 1.10 bits per heavy atom. The van der Waals surface area contributed by atoms with Gasteiger partial charge in [-0.15, -0.1) is 0 Å². The zero-order chi connectivity index (χ0) is 15.2. The first-order chi connectivity index (χ1) is 10.0. The minimum atomic E-state index is -0.276. The number of carbonyl (C=O) groups is 1. The van der Waals surface area contributed by atoms with Gasteiger partial charge in [0, 0.05) is 12.2 Å². The van der Waals surface area contributed by atoms with Crippen molar-refractivity contribution in [3.8, 4) is 0 Å². The van der Waals surface area contributed by atoms with Crippen molar-refractivity contribution in [1.82, 2.24) is 5.32 Å². The van der Waals surface area contributed by atoms with Crippen molar-refractivity contribution in [2.24, 2.45) is 0 Å². The molecule has 0 bridgehead atoms. The fraction of sp³-hybridized carbons (Fsp3) is 0.235. The Kier molecular flexibility index (Phi) is 4.93. The summed E-state index contributed by atoms with van der Waals surface area (Å²) in [7, 11) is 0. The number of carbonyl (C=O) groups excluding carboxylic acids is 1. The van der Waals surface area contributed by atoms with Crippen LogP contribution < -0.4 is 10.6 Å². The summed E-state index contributed by atoms with van der Waals surface area (Å²) in [6.07, 6.45) is 0. The third kappa shape index (κ3) is 4.60. The molecule has 110 valence electrons. The number of hydrogen-bond donors (Lipinski definition) is 2. The van der Waals surface area contributed by atoms with Crippen molar-refractivity contribution < 1.29 is 9.18 Å². The minimum Gasteiger partial charge on any atom is -0.376 e. The number of amides is 1. The molecule has 2 aromatic carbocycles. The number of hydrogen-bond acceptors (Lipinski definition) is 2. The Balaban J connectivity index is 1.80. The van der Waals surface area contributed by atoms with Crippen molar-refractivity contribution in [2.75, 3.05) is 11.9 Å². The molecule has 0 heterocycles. The first-order valence-corrected chi connectivity index (χ1v) is 6.87. The number of aryl methyl sites for hydroxylation is 2. The normalized spacial score (nSPS) is 10.2. The number of nitrogens with one attached hydrogen (secondary N) is 2. The lowest BCUT2D eigenvalue weighted by Gasteiger charge is -2.10. The summed E-state index contributed by atoms with van der Waals surface area (Å²) < 4.78 is 12.8. The van der Waals surface area contributed by atoms with E-state index in [0.717, 1.165) is 16.8 Å². The molecule has 0 atom stereocenters. The zero-order valence-electron chi connectivity index (χ0n) is 12.2. The predicted octanol–water partition coefficient (Wildman–Crippen LogP) is 3.17. The van der Waals surface area contributed by atoms with E-state index in [9.17, 15) is 9.18 Å². The standard InChI is InChI=1S/C17H19FN2O/c1-12-3-8-16(13(2)9-12)19-11-17(21)20-10-14-4-6-15(18)7-5-14/h3-9,19H,10-11H2,1-2H3,(H,20,21). The first-order valence-electron chi connectivity index (χ1n) is 6.87. The maximum absolute atomic E-state index is 12.8. The molecule has 4 heteroatoms. The van der Waals surface area contributed by atoms with E-state index >= 15 is 0 Å². The molecular formula is C17H19FN2O. The molecule has 3 nitrogen and oxygen atoms in total. The van der Waals surface area contributed by atoms with Gasteiger partial charge in [-0.05, 0) is 43.2 Å². The van der Waals surface area contributed by atoms with Crippen molar-refractivity contribution in [1.29, 1.82) is 0 Å². The Labute approximate surface area is 124 Å². The lowest BCUT2D eigenvalue weighted by atomic mass is 10.1. The van der Waals surface area contributed by atoms with Gasteiger partial charge >= 0.3 is 0 Å². The van der Waals surface area contributed by atoms with E-state index in [1.165, 1.54) is 17.7 Å². The molecule has 2 rings (SSSR count). The van der Waals surface area contributed by atoms with Crippen molar-refractivity contribution >= 4 is 11.6 Å². The van der Waals surface area contributed by atoms with Crippen LogP contribution in [0.4, 0.5) is 10.1 Å². The number of benzene rings is 2. The highest BCUT2D eigenvalue weighted by molar-refractivity contribution is 5.80. The summed E-state index contributed by atoms with van der Waals surface area (Å²) in [6.45, 7) is 4.65. The summed E-state index contributed by atoms with van der Waals surface area (Å²) in [5.41, 5.74) is 4.13. The highest BCUT2D eigenvalue weighted by atomic mass is 19.1. The molecule has 2 N–H and O–H groups in total. The van der Waals surface area contributed by atoms with E-state index in [0.29, 0.717) is 6.54 Å². The summed E-state index contributed by atoms with van der Waals surface area (Å²) in [4.78, 5) is 11.8. The predicted molar refractivity (Wildman–Crippen MR) is 82.7 cm³/mol. The number of rotatable bonds is 5. The summed E-state index contributed by atoms with van der Waals surface area (Å²) in [5.74, 6) is -0.374. The summed E-state index contributed by atoms with van der Waals surface area (Å²) in [6, 6.07) is 12.1. The zero-order valence-corrected chi connectivity index (χ0v) is 12.2. The van der Waals surface area contributed by atoms with Crippen LogP contribution in [-0.2, 0) is 11.3 Å². The molecule has 21 heavy (non-hydrogen) atoms. The molecule has 0 unspecified atom stereocenters. The van der Waals surface area contributed by atoms with E-state index in [-0.39, 0.29) is 18.3 Å². The lowest BCUT2D eigenvalue weighted by molar-refractivity contribution is -0.119. The Bertz CT molecular complexity index is 623. The van der Waals surface area contributed by atoms with E-state index in [1.807, 2.05) is 26.0 Å². The fourth-order valence-electron chi connectivity index (χ4n) is 2.05. The lowest BCUT2D eigenvalue weighted by Crippen LogP contribution is -2.29. The average Bonchev–Trinajstić information content (AvgIpc) is 2.46. The van der Waals surface area contributed by atoms with Gasteiger partial charge in [0.25, 0.3) is 0 Å². The van der Waals surface area contributed by atoms with Gasteiger partial charge in [0.15, 0.2) is 0 Å². The molecule has 0 aromatic heterocycles. The van der Waals surface area contributed by atoms with E-state index in [2.05, 4.69) is 16.7 Å².